The number of aliphatic hydroxyl groups excluding tert-OH is 1. The molecule has 0 fully saturated rings. The molecule has 0 aliphatic carbocycles. The molecular formula is C9H11NO3. The van der Waals surface area contributed by atoms with Crippen LogP contribution >= 0.6 is 0 Å². The molecule has 0 saturated heterocycles. The fraction of sp³-hybridized carbons (Fsp3) is 0.444. The minimum atomic E-state index is 0.0231. The molecule has 1 aromatic heterocycles. The molecule has 0 amide bonds. The molecular weight excluding hydrogens is 170 g/mol. The van der Waals surface area contributed by atoms with Crippen LogP contribution in [-0.2, 0) is 4.84 Å². The van der Waals surface area contributed by atoms with Gasteiger partial charge in [-0.05, 0) is 6.07 Å². The molecule has 1 aromatic rings. The molecule has 0 aromatic carbocycles. The summed E-state index contributed by atoms with van der Waals surface area (Å²) in [6.07, 6.45) is 4.65. The largest absolute Gasteiger partial charge is 0.472 e. The quantitative estimate of drug-likeness (QED) is 0.761. The van der Waals surface area contributed by atoms with Gasteiger partial charge in [-0.2, -0.15) is 0 Å². The molecule has 0 spiro atoms. The molecule has 1 atom stereocenters. The lowest BCUT2D eigenvalue weighted by Crippen LogP contribution is -2.09. The van der Waals surface area contributed by atoms with Gasteiger partial charge >= 0.3 is 0 Å². The Labute approximate surface area is 75.8 Å². The molecule has 2 heterocycles. The molecule has 1 aliphatic heterocycles. The van der Waals surface area contributed by atoms with E-state index in [1.54, 1.807) is 12.5 Å². The summed E-state index contributed by atoms with van der Waals surface area (Å²) in [4.78, 5) is 5.12. The van der Waals surface area contributed by atoms with Gasteiger partial charge in [-0.3, -0.25) is 0 Å². The third-order valence-electron chi connectivity index (χ3n) is 2.04. The van der Waals surface area contributed by atoms with Gasteiger partial charge in [-0.15, -0.1) is 0 Å². The Morgan fingerprint density at radius 1 is 1.62 bits per heavy atom. The number of aliphatic hydroxyl groups is 1. The van der Waals surface area contributed by atoms with E-state index in [1.807, 2.05) is 6.07 Å². The summed E-state index contributed by atoms with van der Waals surface area (Å²) in [5.41, 5.74) is 1.85. The van der Waals surface area contributed by atoms with Crippen LogP contribution in [0, 0.1) is 0 Å². The van der Waals surface area contributed by atoms with Crippen molar-refractivity contribution in [1.82, 2.24) is 0 Å². The van der Waals surface area contributed by atoms with Crippen molar-refractivity contribution in [3.05, 3.63) is 24.2 Å². The van der Waals surface area contributed by atoms with Crippen LogP contribution < -0.4 is 0 Å². The van der Waals surface area contributed by atoms with Crippen molar-refractivity contribution >= 4 is 5.71 Å². The first kappa shape index (κ1) is 8.31. The van der Waals surface area contributed by atoms with Crippen LogP contribution in [0.1, 0.15) is 18.4 Å². The van der Waals surface area contributed by atoms with Gasteiger partial charge in [0.15, 0.2) is 0 Å². The summed E-state index contributed by atoms with van der Waals surface area (Å²) in [6, 6.07) is 1.85. The Balaban J connectivity index is 1.98. The topological polar surface area (TPSA) is 55.0 Å². The highest BCUT2D eigenvalue weighted by atomic mass is 16.6. The Bertz CT molecular complexity index is 292. The van der Waals surface area contributed by atoms with Crippen molar-refractivity contribution in [2.75, 3.05) is 6.61 Å². The van der Waals surface area contributed by atoms with Crippen molar-refractivity contribution < 1.29 is 14.4 Å². The lowest BCUT2D eigenvalue weighted by molar-refractivity contribution is 0.0645. The lowest BCUT2D eigenvalue weighted by atomic mass is 10.1. The molecule has 0 radical (unpaired) electrons. The SMILES string of the molecule is OCCC1CC(c2ccoc2)=NO1. The fourth-order valence-corrected chi connectivity index (χ4v) is 1.33. The third kappa shape index (κ3) is 1.72. The molecule has 13 heavy (non-hydrogen) atoms. The highest BCUT2D eigenvalue weighted by molar-refractivity contribution is 6.00. The third-order valence-corrected chi connectivity index (χ3v) is 2.04. The summed E-state index contributed by atoms with van der Waals surface area (Å²) in [7, 11) is 0. The summed E-state index contributed by atoms with van der Waals surface area (Å²) in [5.74, 6) is 0. The minimum Gasteiger partial charge on any atom is -0.472 e. The maximum absolute atomic E-state index is 8.69. The number of rotatable bonds is 3. The van der Waals surface area contributed by atoms with Gasteiger partial charge < -0.3 is 14.4 Å². The van der Waals surface area contributed by atoms with Crippen LogP contribution in [0.25, 0.3) is 0 Å². The number of nitrogens with zero attached hydrogens (tertiary/aromatic N) is 1. The van der Waals surface area contributed by atoms with Crippen LogP contribution in [0.4, 0.5) is 0 Å². The smallest absolute Gasteiger partial charge is 0.135 e. The second-order valence-electron chi connectivity index (χ2n) is 2.99. The fourth-order valence-electron chi connectivity index (χ4n) is 1.33. The van der Waals surface area contributed by atoms with Gasteiger partial charge in [0.25, 0.3) is 0 Å². The number of oxime groups is 1. The van der Waals surface area contributed by atoms with Gasteiger partial charge in [0.1, 0.15) is 6.10 Å². The molecule has 1 unspecified atom stereocenters. The van der Waals surface area contributed by atoms with E-state index in [2.05, 4.69) is 5.16 Å². The monoisotopic (exact) mass is 181 g/mol. The summed E-state index contributed by atoms with van der Waals surface area (Å²) >= 11 is 0. The highest BCUT2D eigenvalue weighted by Crippen LogP contribution is 2.18. The van der Waals surface area contributed by atoms with Crippen molar-refractivity contribution in [1.29, 1.82) is 0 Å². The van der Waals surface area contributed by atoms with Crippen LogP contribution in [-0.4, -0.2) is 23.5 Å². The van der Waals surface area contributed by atoms with Crippen LogP contribution in [0.2, 0.25) is 0 Å². The molecule has 70 valence electrons. The Hall–Kier alpha value is -1.29. The Morgan fingerprint density at radius 2 is 2.54 bits per heavy atom. The predicted molar refractivity (Wildman–Crippen MR) is 46.4 cm³/mol. The minimum absolute atomic E-state index is 0.0231. The van der Waals surface area contributed by atoms with E-state index < -0.39 is 0 Å². The van der Waals surface area contributed by atoms with Crippen molar-refractivity contribution in [2.24, 2.45) is 5.16 Å². The van der Waals surface area contributed by atoms with E-state index in [1.165, 1.54) is 0 Å². The molecule has 0 saturated carbocycles. The average Bonchev–Trinajstić information content (AvgIpc) is 2.70. The summed E-state index contributed by atoms with van der Waals surface area (Å²) in [5, 5.41) is 12.6. The number of hydrogen-bond acceptors (Lipinski definition) is 4. The van der Waals surface area contributed by atoms with Gasteiger partial charge in [-0.1, -0.05) is 5.16 Å². The lowest BCUT2D eigenvalue weighted by Gasteiger charge is -2.03. The summed E-state index contributed by atoms with van der Waals surface area (Å²) < 4.78 is 4.94. The van der Waals surface area contributed by atoms with Gasteiger partial charge in [0.05, 0.1) is 18.2 Å². The highest BCUT2D eigenvalue weighted by Gasteiger charge is 2.21. The van der Waals surface area contributed by atoms with Gasteiger partial charge in [-0.25, -0.2) is 0 Å². The molecule has 0 bridgehead atoms. The zero-order valence-corrected chi connectivity index (χ0v) is 7.14. The second kappa shape index (κ2) is 3.62. The molecule has 4 heteroatoms. The maximum atomic E-state index is 8.69. The molecule has 4 nitrogen and oxygen atoms in total. The average molecular weight is 181 g/mol. The maximum Gasteiger partial charge on any atom is 0.135 e. The molecule has 2 rings (SSSR count). The first-order chi connectivity index (χ1) is 6.40. The van der Waals surface area contributed by atoms with E-state index in [4.69, 9.17) is 14.4 Å². The Morgan fingerprint density at radius 3 is 3.23 bits per heavy atom. The van der Waals surface area contributed by atoms with E-state index in [0.29, 0.717) is 6.42 Å². The van der Waals surface area contributed by atoms with Gasteiger partial charge in [0.2, 0.25) is 0 Å². The second-order valence-corrected chi connectivity index (χ2v) is 2.99. The predicted octanol–water partition coefficient (Wildman–Crippen LogP) is 1.16. The Kier molecular flexibility index (Phi) is 2.31. The van der Waals surface area contributed by atoms with E-state index >= 15 is 0 Å². The first-order valence-corrected chi connectivity index (χ1v) is 4.26. The van der Waals surface area contributed by atoms with E-state index in [9.17, 15) is 0 Å². The van der Waals surface area contributed by atoms with Gasteiger partial charge in [0, 0.05) is 25.0 Å². The summed E-state index contributed by atoms with van der Waals surface area (Å²) in [6.45, 7) is 0.138. The zero-order valence-electron chi connectivity index (χ0n) is 7.14. The first-order valence-electron chi connectivity index (χ1n) is 4.26. The van der Waals surface area contributed by atoms with E-state index in [-0.39, 0.29) is 12.7 Å². The standard InChI is InChI=1S/C9H11NO3/c11-3-1-8-5-9(10-13-8)7-2-4-12-6-7/h2,4,6,8,11H,1,3,5H2. The van der Waals surface area contributed by atoms with E-state index in [0.717, 1.165) is 17.7 Å². The normalized spacial score (nSPS) is 21.3. The van der Waals surface area contributed by atoms with Crippen molar-refractivity contribution in [2.45, 2.75) is 18.9 Å². The number of furan rings is 1. The zero-order chi connectivity index (χ0) is 9.10. The number of hydrogen-bond donors (Lipinski definition) is 1. The van der Waals surface area contributed by atoms with Crippen molar-refractivity contribution in [3.63, 3.8) is 0 Å². The van der Waals surface area contributed by atoms with Crippen LogP contribution in [0.3, 0.4) is 0 Å². The molecule has 1 N–H and O–H groups in total. The van der Waals surface area contributed by atoms with Crippen molar-refractivity contribution in [3.8, 4) is 0 Å². The van der Waals surface area contributed by atoms with Crippen LogP contribution in [0.5, 0.6) is 0 Å². The van der Waals surface area contributed by atoms with Crippen LogP contribution in [0.15, 0.2) is 28.2 Å². The molecule has 1 aliphatic rings.